The van der Waals surface area contributed by atoms with Crippen LogP contribution in [0.4, 0.5) is 0 Å². The topological polar surface area (TPSA) is 138 Å². The summed E-state index contributed by atoms with van der Waals surface area (Å²) in [7, 11) is 5.52. The lowest BCUT2D eigenvalue weighted by atomic mass is 9.88. The number of aliphatic carboxylic acids is 1. The van der Waals surface area contributed by atoms with Crippen molar-refractivity contribution in [3.63, 3.8) is 0 Å². The Bertz CT molecular complexity index is 1520. The molecule has 10 nitrogen and oxygen atoms in total. The van der Waals surface area contributed by atoms with Crippen molar-refractivity contribution in [2.75, 3.05) is 28.4 Å². The van der Waals surface area contributed by atoms with Gasteiger partial charge in [-0.25, -0.2) is 4.79 Å². The van der Waals surface area contributed by atoms with Crippen LogP contribution in [0.3, 0.4) is 0 Å². The quantitative estimate of drug-likeness (QED) is 0.223. The predicted molar refractivity (Wildman–Crippen MR) is 143 cm³/mol. The largest absolute Gasteiger partial charge is 0.504 e. The molecule has 208 valence electrons. The fraction of sp³-hybridized carbons (Fsp3) is 0.233. The van der Waals surface area contributed by atoms with Gasteiger partial charge in [0.05, 0.1) is 34.0 Å². The molecule has 0 aromatic heterocycles. The Balaban J connectivity index is 1.78. The fourth-order valence-electron chi connectivity index (χ4n) is 4.67. The molecule has 2 N–H and O–H groups in total. The third kappa shape index (κ3) is 5.15. The molecule has 0 radical (unpaired) electrons. The summed E-state index contributed by atoms with van der Waals surface area (Å²) in [5.74, 6) is -2.02. The SMILES string of the molecule is COC(=O)C1c2cc(/C(C)=C/C(=O)O)cc(OC)c2OC1c1ccc(C(=O)c2ccc(O)c(OC)c2)c(OC)c1. The summed E-state index contributed by atoms with van der Waals surface area (Å²) < 4.78 is 27.5. The number of methoxy groups -OCH3 is 4. The van der Waals surface area contributed by atoms with E-state index in [1.165, 1.54) is 46.6 Å². The zero-order valence-corrected chi connectivity index (χ0v) is 22.5. The highest BCUT2D eigenvalue weighted by Gasteiger charge is 2.43. The van der Waals surface area contributed by atoms with Crippen molar-refractivity contribution in [3.05, 3.63) is 82.4 Å². The molecule has 10 heteroatoms. The maximum atomic E-state index is 13.3. The van der Waals surface area contributed by atoms with Gasteiger partial charge in [-0.2, -0.15) is 0 Å². The molecule has 2 unspecified atom stereocenters. The second-order valence-electron chi connectivity index (χ2n) is 8.98. The Kier molecular flexibility index (Phi) is 7.99. The second-order valence-corrected chi connectivity index (χ2v) is 8.98. The monoisotopic (exact) mass is 548 g/mol. The van der Waals surface area contributed by atoms with Crippen LogP contribution in [0.25, 0.3) is 5.57 Å². The first-order chi connectivity index (χ1) is 19.1. The van der Waals surface area contributed by atoms with Crippen LogP contribution >= 0.6 is 0 Å². The van der Waals surface area contributed by atoms with Gasteiger partial charge in [0.1, 0.15) is 17.8 Å². The van der Waals surface area contributed by atoms with Gasteiger partial charge in [0.25, 0.3) is 0 Å². The zero-order valence-electron chi connectivity index (χ0n) is 22.5. The molecule has 1 aliphatic rings. The van der Waals surface area contributed by atoms with Crippen LogP contribution in [-0.4, -0.2) is 56.4 Å². The standard InChI is InChI=1S/C30H28O10/c1-15(10-25(32)33)18-11-20-26(30(35)39-5)28(40-29(20)24(14-18)38-4)17-6-8-19(22(13-17)36-2)27(34)16-7-9-21(31)23(12-16)37-3/h6-14,26,28,31H,1-5H3,(H,32,33)/b15-10+. The molecule has 0 fully saturated rings. The highest BCUT2D eigenvalue weighted by atomic mass is 16.5. The summed E-state index contributed by atoms with van der Waals surface area (Å²) >= 11 is 0. The number of ether oxygens (including phenoxy) is 5. The van der Waals surface area contributed by atoms with Crippen molar-refractivity contribution >= 4 is 23.3 Å². The van der Waals surface area contributed by atoms with E-state index in [-0.39, 0.29) is 34.2 Å². The molecular formula is C30H28O10. The molecular weight excluding hydrogens is 520 g/mol. The number of ketones is 1. The Morgan fingerprint density at radius 1 is 0.850 bits per heavy atom. The number of carboxylic acid groups (broad SMARTS) is 1. The molecule has 4 rings (SSSR count). The van der Waals surface area contributed by atoms with Crippen molar-refractivity contribution in [1.29, 1.82) is 0 Å². The Morgan fingerprint density at radius 3 is 2.15 bits per heavy atom. The van der Waals surface area contributed by atoms with Crippen LogP contribution < -0.4 is 18.9 Å². The summed E-state index contributed by atoms with van der Waals surface area (Å²) in [5.41, 5.74) is 2.53. The molecule has 0 amide bonds. The Labute approximate surface area is 230 Å². The van der Waals surface area contributed by atoms with Crippen molar-refractivity contribution < 1.29 is 48.3 Å². The number of allylic oxidation sites excluding steroid dienone is 1. The number of fused-ring (bicyclic) bond motifs is 1. The first-order valence-corrected chi connectivity index (χ1v) is 12.1. The maximum Gasteiger partial charge on any atom is 0.328 e. The number of esters is 1. The average molecular weight is 549 g/mol. The van der Waals surface area contributed by atoms with Gasteiger partial charge in [-0.05, 0) is 66.1 Å². The van der Waals surface area contributed by atoms with Gasteiger partial charge < -0.3 is 33.9 Å². The lowest BCUT2D eigenvalue weighted by Crippen LogP contribution is -2.20. The van der Waals surface area contributed by atoms with Crippen LogP contribution in [0, 0.1) is 0 Å². The second kappa shape index (κ2) is 11.4. The number of carbonyl (C=O) groups is 3. The average Bonchev–Trinajstić information content (AvgIpc) is 3.35. The first-order valence-electron chi connectivity index (χ1n) is 12.1. The maximum absolute atomic E-state index is 13.3. The summed E-state index contributed by atoms with van der Waals surface area (Å²) in [6.45, 7) is 1.64. The minimum atomic E-state index is -1.11. The van der Waals surface area contributed by atoms with Crippen molar-refractivity contribution in [2.45, 2.75) is 18.9 Å². The predicted octanol–water partition coefficient (Wildman–Crippen LogP) is 4.53. The highest BCUT2D eigenvalue weighted by Crippen LogP contribution is 2.52. The van der Waals surface area contributed by atoms with E-state index in [9.17, 15) is 24.6 Å². The summed E-state index contributed by atoms with van der Waals surface area (Å²) in [5, 5.41) is 19.1. The first kappa shape index (κ1) is 28.0. The summed E-state index contributed by atoms with van der Waals surface area (Å²) in [6.07, 6.45) is 0.202. The van der Waals surface area contributed by atoms with E-state index in [1.807, 2.05) is 0 Å². The number of benzene rings is 3. The van der Waals surface area contributed by atoms with Gasteiger partial charge in [0, 0.05) is 17.2 Å². The van der Waals surface area contributed by atoms with E-state index in [0.29, 0.717) is 33.8 Å². The third-order valence-corrected chi connectivity index (χ3v) is 6.68. The van der Waals surface area contributed by atoms with Gasteiger partial charge in [-0.1, -0.05) is 6.07 Å². The molecule has 40 heavy (non-hydrogen) atoms. The Hall–Kier alpha value is -4.99. The number of phenols is 1. The number of carboxylic acids is 1. The molecule has 0 bridgehead atoms. The number of aromatic hydroxyl groups is 1. The normalized spacial score (nSPS) is 16.0. The third-order valence-electron chi connectivity index (χ3n) is 6.68. The smallest absolute Gasteiger partial charge is 0.328 e. The van der Waals surface area contributed by atoms with Crippen LogP contribution in [-0.2, 0) is 14.3 Å². The van der Waals surface area contributed by atoms with Gasteiger partial charge in [0.15, 0.2) is 28.8 Å². The number of phenolic OH excluding ortho intramolecular Hbond substituents is 1. The lowest BCUT2D eigenvalue weighted by Gasteiger charge is -2.19. The molecule has 0 spiro atoms. The molecule has 3 aromatic carbocycles. The zero-order chi connectivity index (χ0) is 29.1. The fourth-order valence-corrected chi connectivity index (χ4v) is 4.67. The van der Waals surface area contributed by atoms with Crippen molar-refractivity contribution in [2.24, 2.45) is 0 Å². The van der Waals surface area contributed by atoms with E-state index in [2.05, 4.69) is 0 Å². The lowest BCUT2D eigenvalue weighted by molar-refractivity contribution is -0.144. The van der Waals surface area contributed by atoms with E-state index in [4.69, 9.17) is 23.7 Å². The van der Waals surface area contributed by atoms with Gasteiger partial charge in [-0.3, -0.25) is 9.59 Å². The molecule has 1 heterocycles. The van der Waals surface area contributed by atoms with E-state index < -0.39 is 24.0 Å². The minimum Gasteiger partial charge on any atom is -0.504 e. The van der Waals surface area contributed by atoms with Crippen LogP contribution in [0.5, 0.6) is 28.7 Å². The van der Waals surface area contributed by atoms with Gasteiger partial charge >= 0.3 is 11.9 Å². The molecule has 2 atom stereocenters. The number of rotatable bonds is 9. The van der Waals surface area contributed by atoms with E-state index in [1.54, 1.807) is 37.3 Å². The van der Waals surface area contributed by atoms with Crippen LogP contribution in [0.15, 0.2) is 54.6 Å². The molecule has 0 saturated carbocycles. The van der Waals surface area contributed by atoms with Crippen molar-refractivity contribution in [3.8, 4) is 28.7 Å². The van der Waals surface area contributed by atoms with Gasteiger partial charge in [-0.15, -0.1) is 0 Å². The summed E-state index contributed by atoms with van der Waals surface area (Å²) in [4.78, 5) is 37.6. The number of carbonyl (C=O) groups excluding carboxylic acids is 2. The van der Waals surface area contributed by atoms with Gasteiger partial charge in [0.2, 0.25) is 0 Å². The Morgan fingerprint density at radius 2 is 1.52 bits per heavy atom. The van der Waals surface area contributed by atoms with E-state index >= 15 is 0 Å². The van der Waals surface area contributed by atoms with Crippen molar-refractivity contribution in [1.82, 2.24) is 0 Å². The van der Waals surface area contributed by atoms with E-state index in [0.717, 1.165) is 6.08 Å². The van der Waals surface area contributed by atoms with Crippen LogP contribution in [0.2, 0.25) is 0 Å². The number of hydrogen-bond donors (Lipinski definition) is 2. The molecule has 1 aliphatic heterocycles. The molecule has 0 aliphatic carbocycles. The molecule has 0 saturated heterocycles. The minimum absolute atomic E-state index is 0.0969. The van der Waals surface area contributed by atoms with Crippen LogP contribution in [0.1, 0.15) is 51.6 Å². The number of hydrogen-bond acceptors (Lipinski definition) is 9. The highest BCUT2D eigenvalue weighted by molar-refractivity contribution is 6.11. The summed E-state index contributed by atoms with van der Waals surface area (Å²) in [6, 6.07) is 12.4. The molecule has 3 aromatic rings.